The third kappa shape index (κ3) is 6.12. The van der Waals surface area contributed by atoms with Crippen LogP contribution in [0.25, 0.3) is 0 Å². The summed E-state index contributed by atoms with van der Waals surface area (Å²) in [5.41, 5.74) is 6.32. The Balaban J connectivity index is 2.18. The molecular weight excluding hydrogens is 246 g/mol. The molecule has 18 heavy (non-hydrogen) atoms. The van der Waals surface area contributed by atoms with Crippen molar-refractivity contribution in [2.45, 2.75) is 45.4 Å². The zero-order valence-corrected chi connectivity index (χ0v) is 11.9. The second-order valence-electron chi connectivity index (χ2n) is 4.36. The quantitative estimate of drug-likeness (QED) is 0.673. The molecule has 0 saturated heterocycles. The van der Waals surface area contributed by atoms with Crippen molar-refractivity contribution >= 4 is 17.2 Å². The van der Waals surface area contributed by atoms with E-state index in [0.717, 1.165) is 30.1 Å². The number of carbonyl (C=O) groups excluding carboxylic acids is 1. The molecule has 1 heterocycles. The molecule has 0 spiro atoms. The van der Waals surface area contributed by atoms with Gasteiger partial charge in [0.05, 0.1) is 17.1 Å². The Bertz CT molecular complexity index is 352. The lowest BCUT2D eigenvalue weighted by Crippen LogP contribution is -2.26. The molecule has 1 aromatic rings. The maximum atomic E-state index is 11.6. The second-order valence-corrected chi connectivity index (χ2v) is 5.30. The standard InChI is InChI=1S/C13H23N3OS/c1-2-3-4-5-8-15-12(17)9-11-10-18-13(16-11)6-7-14/h10H,2-9,14H2,1H3,(H,15,17). The fourth-order valence-electron chi connectivity index (χ4n) is 1.67. The first-order valence-corrected chi connectivity index (χ1v) is 7.54. The number of aromatic nitrogens is 1. The van der Waals surface area contributed by atoms with Crippen LogP contribution in [-0.2, 0) is 17.6 Å². The van der Waals surface area contributed by atoms with Gasteiger partial charge in [0.15, 0.2) is 0 Å². The highest BCUT2D eigenvalue weighted by Crippen LogP contribution is 2.10. The van der Waals surface area contributed by atoms with Gasteiger partial charge in [-0.25, -0.2) is 4.98 Å². The van der Waals surface area contributed by atoms with Crippen LogP contribution in [-0.4, -0.2) is 24.0 Å². The van der Waals surface area contributed by atoms with E-state index < -0.39 is 0 Å². The largest absolute Gasteiger partial charge is 0.356 e. The van der Waals surface area contributed by atoms with Gasteiger partial charge in [-0.05, 0) is 13.0 Å². The normalized spacial score (nSPS) is 10.6. The van der Waals surface area contributed by atoms with Gasteiger partial charge in [0, 0.05) is 18.3 Å². The van der Waals surface area contributed by atoms with E-state index in [9.17, 15) is 4.79 Å². The third-order valence-corrected chi connectivity index (χ3v) is 3.61. The topological polar surface area (TPSA) is 68.0 Å². The first-order valence-electron chi connectivity index (χ1n) is 6.66. The molecule has 0 bridgehead atoms. The highest BCUT2D eigenvalue weighted by Gasteiger charge is 2.06. The molecule has 3 N–H and O–H groups in total. The molecule has 0 aliphatic rings. The summed E-state index contributed by atoms with van der Waals surface area (Å²) < 4.78 is 0. The fraction of sp³-hybridized carbons (Fsp3) is 0.692. The van der Waals surface area contributed by atoms with Gasteiger partial charge in [-0.3, -0.25) is 4.79 Å². The van der Waals surface area contributed by atoms with Crippen molar-refractivity contribution in [2.24, 2.45) is 5.73 Å². The van der Waals surface area contributed by atoms with Gasteiger partial charge >= 0.3 is 0 Å². The molecule has 1 amide bonds. The van der Waals surface area contributed by atoms with Crippen LogP contribution >= 0.6 is 11.3 Å². The summed E-state index contributed by atoms with van der Waals surface area (Å²) in [4.78, 5) is 16.0. The van der Waals surface area contributed by atoms with Gasteiger partial charge in [0.2, 0.25) is 5.91 Å². The van der Waals surface area contributed by atoms with E-state index in [1.54, 1.807) is 11.3 Å². The van der Waals surface area contributed by atoms with Crippen molar-refractivity contribution in [2.75, 3.05) is 13.1 Å². The molecule has 0 aliphatic heterocycles. The van der Waals surface area contributed by atoms with Crippen LogP contribution in [0.1, 0.15) is 43.3 Å². The smallest absolute Gasteiger partial charge is 0.226 e. The SMILES string of the molecule is CCCCCCNC(=O)Cc1csc(CCN)n1. The van der Waals surface area contributed by atoms with Crippen molar-refractivity contribution in [1.29, 1.82) is 0 Å². The number of carbonyl (C=O) groups is 1. The minimum atomic E-state index is 0.0658. The minimum Gasteiger partial charge on any atom is -0.356 e. The van der Waals surface area contributed by atoms with Crippen LogP contribution in [0.3, 0.4) is 0 Å². The Morgan fingerprint density at radius 2 is 2.28 bits per heavy atom. The third-order valence-electron chi connectivity index (χ3n) is 2.65. The van der Waals surface area contributed by atoms with Gasteiger partial charge in [0.25, 0.3) is 0 Å². The monoisotopic (exact) mass is 269 g/mol. The maximum Gasteiger partial charge on any atom is 0.226 e. The number of amides is 1. The molecule has 1 rings (SSSR count). The molecule has 0 unspecified atom stereocenters. The Hall–Kier alpha value is -0.940. The molecule has 102 valence electrons. The first kappa shape index (κ1) is 15.1. The number of hydrogen-bond donors (Lipinski definition) is 2. The van der Waals surface area contributed by atoms with Crippen molar-refractivity contribution in [3.8, 4) is 0 Å². The average molecular weight is 269 g/mol. The zero-order valence-electron chi connectivity index (χ0n) is 11.1. The van der Waals surface area contributed by atoms with Crippen molar-refractivity contribution < 1.29 is 4.79 Å². The van der Waals surface area contributed by atoms with Gasteiger partial charge < -0.3 is 11.1 Å². The lowest BCUT2D eigenvalue weighted by atomic mass is 10.2. The lowest BCUT2D eigenvalue weighted by Gasteiger charge is -2.03. The molecule has 1 aromatic heterocycles. The molecule has 4 nitrogen and oxygen atoms in total. The Morgan fingerprint density at radius 1 is 1.44 bits per heavy atom. The van der Waals surface area contributed by atoms with Crippen molar-refractivity contribution in [3.63, 3.8) is 0 Å². The maximum absolute atomic E-state index is 11.6. The molecule has 0 saturated carbocycles. The van der Waals surface area contributed by atoms with E-state index in [2.05, 4.69) is 17.2 Å². The average Bonchev–Trinajstić information content (AvgIpc) is 2.77. The predicted octanol–water partition coefficient (Wildman–Crippen LogP) is 1.88. The Morgan fingerprint density at radius 3 is 3.00 bits per heavy atom. The number of nitrogens with zero attached hydrogens (tertiary/aromatic N) is 1. The van der Waals surface area contributed by atoms with Gasteiger partial charge in [-0.1, -0.05) is 26.2 Å². The summed E-state index contributed by atoms with van der Waals surface area (Å²) in [6, 6.07) is 0. The first-order chi connectivity index (χ1) is 8.76. The molecule has 0 radical (unpaired) electrons. The Labute approximate surface area is 113 Å². The van der Waals surface area contributed by atoms with Gasteiger partial charge in [-0.15, -0.1) is 11.3 Å². The van der Waals surface area contributed by atoms with Gasteiger partial charge in [-0.2, -0.15) is 0 Å². The van der Waals surface area contributed by atoms with E-state index in [-0.39, 0.29) is 5.91 Å². The highest BCUT2D eigenvalue weighted by molar-refractivity contribution is 7.09. The Kier molecular flexibility index (Phi) is 7.60. The van der Waals surface area contributed by atoms with E-state index in [1.807, 2.05) is 5.38 Å². The number of thiazole rings is 1. The number of rotatable bonds is 9. The molecule has 0 aliphatic carbocycles. The van der Waals surface area contributed by atoms with Crippen molar-refractivity contribution in [3.05, 3.63) is 16.1 Å². The molecule has 5 heteroatoms. The van der Waals surface area contributed by atoms with E-state index in [0.29, 0.717) is 13.0 Å². The molecule has 0 fully saturated rings. The van der Waals surface area contributed by atoms with Crippen LogP contribution in [0.4, 0.5) is 0 Å². The highest BCUT2D eigenvalue weighted by atomic mass is 32.1. The number of hydrogen-bond acceptors (Lipinski definition) is 4. The predicted molar refractivity (Wildman–Crippen MR) is 75.7 cm³/mol. The van der Waals surface area contributed by atoms with Crippen LogP contribution < -0.4 is 11.1 Å². The summed E-state index contributed by atoms with van der Waals surface area (Å²) in [6.07, 6.45) is 5.89. The van der Waals surface area contributed by atoms with Crippen LogP contribution in [0.2, 0.25) is 0 Å². The summed E-state index contributed by atoms with van der Waals surface area (Å²) in [7, 11) is 0. The summed E-state index contributed by atoms with van der Waals surface area (Å²) in [6.45, 7) is 3.56. The number of unbranched alkanes of at least 4 members (excludes halogenated alkanes) is 3. The number of nitrogens with one attached hydrogen (secondary N) is 1. The molecule has 0 aromatic carbocycles. The summed E-state index contributed by atoms with van der Waals surface area (Å²) >= 11 is 1.58. The van der Waals surface area contributed by atoms with Crippen molar-refractivity contribution in [1.82, 2.24) is 10.3 Å². The molecule has 0 atom stereocenters. The molecular formula is C13H23N3OS. The minimum absolute atomic E-state index is 0.0658. The number of nitrogens with two attached hydrogens (primary N) is 1. The second kappa shape index (κ2) is 9.05. The van der Waals surface area contributed by atoms with Crippen LogP contribution in [0.5, 0.6) is 0 Å². The summed E-state index contributed by atoms with van der Waals surface area (Å²) in [5, 5.41) is 5.90. The lowest BCUT2D eigenvalue weighted by molar-refractivity contribution is -0.120. The fourth-order valence-corrected chi connectivity index (χ4v) is 2.49. The van der Waals surface area contributed by atoms with E-state index in [1.165, 1.54) is 19.3 Å². The van der Waals surface area contributed by atoms with E-state index in [4.69, 9.17) is 5.73 Å². The van der Waals surface area contributed by atoms with Gasteiger partial charge in [0.1, 0.15) is 0 Å². The van der Waals surface area contributed by atoms with Crippen LogP contribution in [0.15, 0.2) is 5.38 Å². The zero-order chi connectivity index (χ0) is 13.2. The van der Waals surface area contributed by atoms with E-state index >= 15 is 0 Å². The van der Waals surface area contributed by atoms with Crippen LogP contribution in [0, 0.1) is 0 Å². The summed E-state index contributed by atoms with van der Waals surface area (Å²) in [5.74, 6) is 0.0658.